The summed E-state index contributed by atoms with van der Waals surface area (Å²) in [5.74, 6) is -0.313. The minimum Gasteiger partial charge on any atom is -0.349 e. The second-order valence-corrected chi connectivity index (χ2v) is 3.76. The molecule has 0 radical (unpaired) electrons. The highest BCUT2D eigenvalue weighted by Crippen LogP contribution is 1.99. The lowest BCUT2D eigenvalue weighted by Crippen LogP contribution is -2.31. The van der Waals surface area contributed by atoms with Gasteiger partial charge >= 0.3 is 0 Å². The van der Waals surface area contributed by atoms with E-state index in [2.05, 4.69) is 10.3 Å². The van der Waals surface area contributed by atoms with Crippen LogP contribution >= 0.6 is 11.6 Å². The summed E-state index contributed by atoms with van der Waals surface area (Å²) in [7, 11) is 0. The fourth-order valence-corrected chi connectivity index (χ4v) is 1.10. The Bertz CT molecular complexity index is 389. The van der Waals surface area contributed by atoms with E-state index in [1.807, 2.05) is 6.92 Å². The van der Waals surface area contributed by atoms with Crippen molar-refractivity contribution < 1.29 is 4.79 Å². The molecule has 15 heavy (non-hydrogen) atoms. The zero-order chi connectivity index (χ0) is 11.3. The van der Waals surface area contributed by atoms with Gasteiger partial charge in [-0.3, -0.25) is 9.59 Å². The number of hydrogen-bond acceptors (Lipinski definition) is 2. The standard InChI is InChI=1S/C10H13ClN2O2/c1-2-7(11)6-12-10(15)8-4-3-5-9(14)13-8/h3-5,7H,2,6H2,1H3,(H,12,15)(H,13,14). The molecule has 0 bridgehead atoms. The van der Waals surface area contributed by atoms with Gasteiger partial charge in [-0.15, -0.1) is 11.6 Å². The molecule has 2 N–H and O–H groups in total. The van der Waals surface area contributed by atoms with Gasteiger partial charge in [0.05, 0.1) is 5.38 Å². The molecule has 5 heteroatoms. The summed E-state index contributed by atoms with van der Waals surface area (Å²) in [6.07, 6.45) is 0.785. The smallest absolute Gasteiger partial charge is 0.267 e. The SMILES string of the molecule is CCC(Cl)CNC(=O)c1cccc(=O)[nH]1. The van der Waals surface area contributed by atoms with Crippen molar-refractivity contribution in [3.8, 4) is 0 Å². The number of aromatic amines is 1. The zero-order valence-electron chi connectivity index (χ0n) is 8.42. The van der Waals surface area contributed by atoms with E-state index in [0.29, 0.717) is 6.54 Å². The molecular weight excluding hydrogens is 216 g/mol. The largest absolute Gasteiger partial charge is 0.349 e. The third kappa shape index (κ3) is 3.75. The van der Waals surface area contributed by atoms with Crippen LogP contribution in [0, 0.1) is 0 Å². The molecule has 0 aliphatic carbocycles. The third-order valence-electron chi connectivity index (χ3n) is 1.94. The molecule has 1 amide bonds. The number of pyridine rings is 1. The van der Waals surface area contributed by atoms with E-state index in [9.17, 15) is 9.59 Å². The molecular formula is C10H13ClN2O2. The lowest BCUT2D eigenvalue weighted by molar-refractivity contribution is 0.0948. The average molecular weight is 229 g/mol. The van der Waals surface area contributed by atoms with Crippen molar-refractivity contribution in [1.29, 1.82) is 0 Å². The second kappa shape index (κ2) is 5.56. The molecule has 4 nitrogen and oxygen atoms in total. The molecule has 1 unspecified atom stereocenters. The van der Waals surface area contributed by atoms with Crippen LogP contribution in [-0.2, 0) is 0 Å². The fraction of sp³-hybridized carbons (Fsp3) is 0.400. The van der Waals surface area contributed by atoms with Crippen LogP contribution in [0.4, 0.5) is 0 Å². The number of hydrogen-bond donors (Lipinski definition) is 2. The van der Waals surface area contributed by atoms with Crippen LogP contribution in [0.1, 0.15) is 23.8 Å². The van der Waals surface area contributed by atoms with Gasteiger partial charge in [-0.05, 0) is 12.5 Å². The van der Waals surface area contributed by atoms with Crippen molar-refractivity contribution in [3.05, 3.63) is 34.2 Å². The van der Waals surface area contributed by atoms with Crippen molar-refractivity contribution in [2.24, 2.45) is 0 Å². The molecule has 1 aromatic heterocycles. The van der Waals surface area contributed by atoms with Gasteiger partial charge in [0.2, 0.25) is 5.56 Å². The highest BCUT2D eigenvalue weighted by atomic mass is 35.5. The topological polar surface area (TPSA) is 62.0 Å². The van der Waals surface area contributed by atoms with Crippen LogP contribution in [0.3, 0.4) is 0 Å². The van der Waals surface area contributed by atoms with Crippen molar-refractivity contribution in [2.75, 3.05) is 6.54 Å². The number of halogens is 1. The first-order valence-electron chi connectivity index (χ1n) is 4.75. The Morgan fingerprint density at radius 2 is 2.33 bits per heavy atom. The molecule has 1 aromatic rings. The minimum absolute atomic E-state index is 0.0793. The Balaban J connectivity index is 2.58. The highest BCUT2D eigenvalue weighted by molar-refractivity contribution is 6.20. The second-order valence-electron chi connectivity index (χ2n) is 3.14. The first-order valence-corrected chi connectivity index (χ1v) is 5.18. The van der Waals surface area contributed by atoms with E-state index >= 15 is 0 Å². The maximum Gasteiger partial charge on any atom is 0.267 e. The molecule has 1 heterocycles. The van der Waals surface area contributed by atoms with E-state index < -0.39 is 0 Å². The van der Waals surface area contributed by atoms with E-state index in [-0.39, 0.29) is 22.5 Å². The molecule has 0 saturated carbocycles. The quantitative estimate of drug-likeness (QED) is 0.759. The van der Waals surface area contributed by atoms with E-state index in [1.54, 1.807) is 6.07 Å². The predicted octanol–water partition coefficient (Wildman–Crippen LogP) is 1.12. The number of H-pyrrole nitrogens is 1. The van der Waals surface area contributed by atoms with E-state index in [0.717, 1.165) is 6.42 Å². The molecule has 82 valence electrons. The predicted molar refractivity (Wildman–Crippen MR) is 59.3 cm³/mol. The minimum atomic E-state index is -0.313. The summed E-state index contributed by atoms with van der Waals surface area (Å²) >= 11 is 5.84. The van der Waals surface area contributed by atoms with Crippen molar-refractivity contribution in [1.82, 2.24) is 10.3 Å². The van der Waals surface area contributed by atoms with Crippen LogP contribution in [0.15, 0.2) is 23.0 Å². The van der Waals surface area contributed by atoms with Gasteiger partial charge in [0.25, 0.3) is 5.91 Å². The molecule has 0 aliphatic heterocycles. The Kier molecular flexibility index (Phi) is 4.37. The Morgan fingerprint density at radius 1 is 1.60 bits per heavy atom. The summed E-state index contributed by atoms with van der Waals surface area (Å²) in [5.41, 5.74) is -0.0389. The lowest BCUT2D eigenvalue weighted by Gasteiger charge is -2.07. The maximum atomic E-state index is 11.5. The number of amides is 1. The Hall–Kier alpha value is -1.29. The first-order chi connectivity index (χ1) is 7.13. The molecule has 0 fully saturated rings. The van der Waals surface area contributed by atoms with Crippen molar-refractivity contribution in [2.45, 2.75) is 18.7 Å². The number of rotatable bonds is 4. The van der Waals surface area contributed by atoms with Gasteiger partial charge in [-0.2, -0.15) is 0 Å². The lowest BCUT2D eigenvalue weighted by atomic mass is 10.3. The Morgan fingerprint density at radius 3 is 2.93 bits per heavy atom. The van der Waals surface area contributed by atoms with E-state index in [1.165, 1.54) is 12.1 Å². The number of carbonyl (C=O) groups excluding carboxylic acids is 1. The molecule has 1 rings (SSSR count). The normalized spacial score (nSPS) is 12.1. The van der Waals surface area contributed by atoms with Crippen LogP contribution in [0.2, 0.25) is 0 Å². The van der Waals surface area contributed by atoms with Crippen LogP contribution in [0.25, 0.3) is 0 Å². The molecule has 1 atom stereocenters. The zero-order valence-corrected chi connectivity index (χ0v) is 9.17. The fourth-order valence-electron chi connectivity index (χ4n) is 1.02. The number of nitrogens with one attached hydrogen (secondary N) is 2. The van der Waals surface area contributed by atoms with Gasteiger partial charge in [0, 0.05) is 12.6 Å². The summed E-state index contributed by atoms with van der Waals surface area (Å²) in [6.45, 7) is 2.34. The molecule has 0 aromatic carbocycles. The van der Waals surface area contributed by atoms with Crippen LogP contribution in [0.5, 0.6) is 0 Å². The van der Waals surface area contributed by atoms with Crippen LogP contribution in [-0.4, -0.2) is 22.8 Å². The summed E-state index contributed by atoms with van der Waals surface area (Å²) in [6, 6.07) is 4.44. The molecule has 0 spiro atoms. The highest BCUT2D eigenvalue weighted by Gasteiger charge is 2.07. The Labute approximate surface area is 92.7 Å². The van der Waals surface area contributed by atoms with Crippen LogP contribution < -0.4 is 10.9 Å². The van der Waals surface area contributed by atoms with Gasteiger partial charge in [0.1, 0.15) is 5.69 Å². The van der Waals surface area contributed by atoms with Crippen molar-refractivity contribution >= 4 is 17.5 Å². The van der Waals surface area contributed by atoms with Gasteiger partial charge < -0.3 is 10.3 Å². The molecule has 0 saturated heterocycles. The average Bonchev–Trinajstić information content (AvgIpc) is 2.25. The summed E-state index contributed by atoms with van der Waals surface area (Å²) in [4.78, 5) is 24.8. The molecule has 0 aliphatic rings. The van der Waals surface area contributed by atoms with E-state index in [4.69, 9.17) is 11.6 Å². The summed E-state index contributed by atoms with van der Waals surface area (Å²) in [5, 5.41) is 2.56. The third-order valence-corrected chi connectivity index (χ3v) is 2.40. The van der Waals surface area contributed by atoms with Gasteiger partial charge in [-0.1, -0.05) is 13.0 Å². The maximum absolute atomic E-state index is 11.5. The van der Waals surface area contributed by atoms with Crippen molar-refractivity contribution in [3.63, 3.8) is 0 Å². The van der Waals surface area contributed by atoms with Gasteiger partial charge in [0.15, 0.2) is 0 Å². The van der Waals surface area contributed by atoms with Gasteiger partial charge in [-0.25, -0.2) is 0 Å². The summed E-state index contributed by atoms with van der Waals surface area (Å²) < 4.78 is 0. The first kappa shape index (κ1) is 11.8. The number of aromatic nitrogens is 1. The number of alkyl halides is 1. The monoisotopic (exact) mass is 228 g/mol. The number of carbonyl (C=O) groups is 1.